The van der Waals surface area contributed by atoms with Gasteiger partial charge in [0.05, 0.1) is 11.5 Å². The summed E-state index contributed by atoms with van der Waals surface area (Å²) in [7, 11) is 0. The molecule has 1 aromatic carbocycles. The van der Waals surface area contributed by atoms with Gasteiger partial charge in [-0.05, 0) is 12.5 Å². The highest BCUT2D eigenvalue weighted by molar-refractivity contribution is 5.58. The van der Waals surface area contributed by atoms with Crippen LogP contribution in [0.2, 0.25) is 0 Å². The third kappa shape index (κ3) is 3.90. The fraction of sp³-hybridized carbons (Fsp3) is 0.385. The summed E-state index contributed by atoms with van der Waals surface area (Å²) in [4.78, 5) is 10.4. The average molecular weight is 235 g/mol. The lowest BCUT2D eigenvalue weighted by atomic mass is 10.1. The van der Waals surface area contributed by atoms with E-state index in [2.05, 4.69) is 0 Å². The molecule has 0 amide bonds. The lowest BCUT2D eigenvalue weighted by Crippen LogP contribution is -1.99. The average Bonchev–Trinajstić information content (AvgIpc) is 2.34. The van der Waals surface area contributed by atoms with Crippen LogP contribution in [0.4, 0.5) is 0 Å². The Kier molecular flexibility index (Phi) is 5.20. The number of hydrogen-bond donors (Lipinski definition) is 0. The Morgan fingerprint density at radius 1 is 1.41 bits per heavy atom. The number of nitrogens with zero attached hydrogens (tertiary/aromatic N) is 1. The third-order valence-electron chi connectivity index (χ3n) is 2.30. The summed E-state index contributed by atoms with van der Waals surface area (Å²) < 4.78 is 5.54. The second-order valence-corrected chi connectivity index (χ2v) is 3.63. The van der Waals surface area contributed by atoms with E-state index in [1.807, 2.05) is 31.2 Å². The van der Waals surface area contributed by atoms with Crippen LogP contribution in [-0.2, 0) is 0 Å². The molecule has 1 rings (SSSR count). The van der Waals surface area contributed by atoms with Gasteiger partial charge in [-0.25, -0.2) is 0 Å². The van der Waals surface area contributed by atoms with Gasteiger partial charge in [0, 0.05) is 18.1 Å². The molecule has 0 heterocycles. The first kappa shape index (κ1) is 13.2. The highest BCUT2D eigenvalue weighted by Crippen LogP contribution is 2.22. The van der Waals surface area contributed by atoms with E-state index in [4.69, 9.17) is 4.74 Å². The van der Waals surface area contributed by atoms with Crippen LogP contribution in [0.3, 0.4) is 0 Å². The smallest absolute Gasteiger partial charge is 0.246 e. The molecule has 0 radical (unpaired) electrons. The molecule has 4 heteroatoms. The first-order valence-corrected chi connectivity index (χ1v) is 5.75. The number of rotatable bonds is 6. The Balaban J connectivity index is 3.00. The molecule has 0 saturated carbocycles. The second-order valence-electron chi connectivity index (χ2n) is 3.63. The number of para-hydroxylation sites is 1. The van der Waals surface area contributed by atoms with Crippen LogP contribution in [0.1, 0.15) is 32.3 Å². The summed E-state index contributed by atoms with van der Waals surface area (Å²) in [6.07, 6.45) is 2.88. The minimum absolute atomic E-state index is 0.192. The van der Waals surface area contributed by atoms with Gasteiger partial charge in [-0.15, -0.1) is 0 Å². The Morgan fingerprint density at radius 3 is 2.71 bits per heavy atom. The van der Waals surface area contributed by atoms with Gasteiger partial charge in [-0.3, -0.25) is 10.1 Å². The zero-order chi connectivity index (χ0) is 12.7. The third-order valence-corrected chi connectivity index (χ3v) is 2.30. The van der Waals surface area contributed by atoms with Gasteiger partial charge in [0.2, 0.25) is 5.70 Å². The minimum atomic E-state index is -0.351. The SMILES string of the molecule is CCCOc1ccccc1C=C(CC)[N+](=O)[O-]. The molecule has 0 aliphatic rings. The van der Waals surface area contributed by atoms with Crippen LogP contribution >= 0.6 is 0 Å². The van der Waals surface area contributed by atoms with Gasteiger partial charge in [0.1, 0.15) is 5.75 Å². The Bertz CT molecular complexity index is 413. The van der Waals surface area contributed by atoms with E-state index in [-0.39, 0.29) is 10.6 Å². The van der Waals surface area contributed by atoms with E-state index in [0.29, 0.717) is 18.8 Å². The quantitative estimate of drug-likeness (QED) is 0.560. The zero-order valence-corrected chi connectivity index (χ0v) is 10.2. The van der Waals surface area contributed by atoms with Crippen LogP contribution in [0.25, 0.3) is 6.08 Å². The summed E-state index contributed by atoms with van der Waals surface area (Å²) in [5.41, 5.74) is 0.951. The summed E-state index contributed by atoms with van der Waals surface area (Å²) in [5, 5.41) is 10.8. The topological polar surface area (TPSA) is 52.4 Å². The van der Waals surface area contributed by atoms with Crippen molar-refractivity contribution in [1.82, 2.24) is 0 Å². The van der Waals surface area contributed by atoms with E-state index in [1.165, 1.54) is 0 Å². The molecule has 0 aliphatic heterocycles. The van der Waals surface area contributed by atoms with Crippen LogP contribution < -0.4 is 4.74 Å². The fourth-order valence-corrected chi connectivity index (χ4v) is 1.41. The van der Waals surface area contributed by atoms with Crippen molar-refractivity contribution in [1.29, 1.82) is 0 Å². The molecule has 4 nitrogen and oxygen atoms in total. The van der Waals surface area contributed by atoms with Crippen molar-refractivity contribution in [2.75, 3.05) is 6.61 Å². The number of allylic oxidation sites excluding steroid dienone is 1. The Labute approximate surface area is 101 Å². The van der Waals surface area contributed by atoms with Crippen LogP contribution in [-0.4, -0.2) is 11.5 Å². The highest BCUT2D eigenvalue weighted by Gasteiger charge is 2.09. The fourth-order valence-electron chi connectivity index (χ4n) is 1.41. The maximum atomic E-state index is 10.8. The van der Waals surface area contributed by atoms with Crippen LogP contribution in [0.15, 0.2) is 30.0 Å². The lowest BCUT2D eigenvalue weighted by molar-refractivity contribution is -0.425. The molecular weight excluding hydrogens is 218 g/mol. The predicted molar refractivity (Wildman–Crippen MR) is 67.5 cm³/mol. The van der Waals surface area contributed by atoms with E-state index in [1.54, 1.807) is 13.0 Å². The summed E-state index contributed by atoms with van der Waals surface area (Å²) >= 11 is 0. The summed E-state index contributed by atoms with van der Waals surface area (Å²) in [5.74, 6) is 0.696. The Hall–Kier alpha value is -1.84. The van der Waals surface area contributed by atoms with Gasteiger partial charge in [-0.2, -0.15) is 0 Å². The van der Waals surface area contributed by atoms with Gasteiger partial charge in [0.15, 0.2) is 0 Å². The van der Waals surface area contributed by atoms with Gasteiger partial charge < -0.3 is 4.74 Å². The van der Waals surface area contributed by atoms with Crippen molar-refractivity contribution in [2.45, 2.75) is 26.7 Å². The molecule has 0 spiro atoms. The molecular formula is C13H17NO3. The first-order chi connectivity index (χ1) is 8.19. The van der Waals surface area contributed by atoms with Gasteiger partial charge >= 0.3 is 0 Å². The zero-order valence-electron chi connectivity index (χ0n) is 10.2. The normalized spacial score (nSPS) is 11.3. The molecule has 0 bridgehead atoms. The second kappa shape index (κ2) is 6.68. The highest BCUT2D eigenvalue weighted by atomic mass is 16.6. The van der Waals surface area contributed by atoms with E-state index in [9.17, 15) is 10.1 Å². The van der Waals surface area contributed by atoms with Crippen LogP contribution in [0, 0.1) is 10.1 Å². The van der Waals surface area contributed by atoms with Crippen LogP contribution in [0.5, 0.6) is 5.75 Å². The van der Waals surface area contributed by atoms with E-state index < -0.39 is 0 Å². The molecule has 92 valence electrons. The van der Waals surface area contributed by atoms with E-state index in [0.717, 1.165) is 12.0 Å². The summed E-state index contributed by atoms with van der Waals surface area (Å²) in [6.45, 7) is 4.40. The molecule has 0 atom stereocenters. The molecule has 0 fully saturated rings. The Morgan fingerprint density at radius 2 is 2.12 bits per heavy atom. The maximum absolute atomic E-state index is 10.8. The minimum Gasteiger partial charge on any atom is -0.493 e. The van der Waals surface area contributed by atoms with Crippen molar-refractivity contribution in [3.8, 4) is 5.75 Å². The monoisotopic (exact) mass is 235 g/mol. The molecule has 0 unspecified atom stereocenters. The molecule has 1 aromatic rings. The van der Waals surface area contributed by atoms with Crippen molar-refractivity contribution in [3.63, 3.8) is 0 Å². The maximum Gasteiger partial charge on any atom is 0.246 e. The molecule has 0 aromatic heterocycles. The van der Waals surface area contributed by atoms with Crippen molar-refractivity contribution >= 4 is 6.08 Å². The van der Waals surface area contributed by atoms with E-state index >= 15 is 0 Å². The molecule has 0 aliphatic carbocycles. The van der Waals surface area contributed by atoms with Crippen molar-refractivity contribution in [2.24, 2.45) is 0 Å². The summed E-state index contributed by atoms with van der Waals surface area (Å²) in [6, 6.07) is 7.36. The van der Waals surface area contributed by atoms with Crippen molar-refractivity contribution < 1.29 is 9.66 Å². The first-order valence-electron chi connectivity index (χ1n) is 5.75. The number of hydrogen-bond acceptors (Lipinski definition) is 3. The largest absolute Gasteiger partial charge is 0.493 e. The number of nitro groups is 1. The molecule has 0 saturated heterocycles. The van der Waals surface area contributed by atoms with Gasteiger partial charge in [-0.1, -0.05) is 32.0 Å². The molecule has 17 heavy (non-hydrogen) atoms. The van der Waals surface area contributed by atoms with Gasteiger partial charge in [0.25, 0.3) is 0 Å². The lowest BCUT2D eigenvalue weighted by Gasteiger charge is -2.07. The standard InChI is InChI=1S/C13H17NO3/c1-3-9-17-13-8-6-5-7-11(13)10-12(4-2)14(15)16/h5-8,10H,3-4,9H2,1-2H3. The number of benzene rings is 1. The number of ether oxygens (including phenoxy) is 1. The van der Waals surface area contributed by atoms with Crippen molar-refractivity contribution in [3.05, 3.63) is 45.6 Å². The molecule has 0 N–H and O–H groups in total. The predicted octanol–water partition coefficient (Wildman–Crippen LogP) is 3.50.